The van der Waals surface area contributed by atoms with Gasteiger partial charge in [0.15, 0.2) is 0 Å². The van der Waals surface area contributed by atoms with Crippen molar-refractivity contribution >= 4 is 23.2 Å². The molecule has 96 valence electrons. The van der Waals surface area contributed by atoms with E-state index in [2.05, 4.69) is 0 Å². The van der Waals surface area contributed by atoms with Gasteiger partial charge in [-0.1, -0.05) is 23.2 Å². The SMILES string of the molecule is COCC(O)(CCCN)c1cc(Cl)ccc1Cl. The fourth-order valence-electron chi connectivity index (χ4n) is 1.77. The van der Waals surface area contributed by atoms with Crippen LogP contribution in [0.4, 0.5) is 0 Å². The minimum atomic E-state index is -1.14. The predicted molar refractivity (Wildman–Crippen MR) is 70.5 cm³/mol. The number of hydrogen-bond donors (Lipinski definition) is 2. The summed E-state index contributed by atoms with van der Waals surface area (Å²) in [6.45, 7) is 0.664. The normalized spacial score (nSPS) is 14.6. The van der Waals surface area contributed by atoms with Crippen LogP contribution < -0.4 is 5.73 Å². The maximum Gasteiger partial charge on any atom is 0.114 e. The number of methoxy groups -OCH3 is 1. The van der Waals surface area contributed by atoms with Gasteiger partial charge >= 0.3 is 0 Å². The van der Waals surface area contributed by atoms with Crippen LogP contribution in [0.25, 0.3) is 0 Å². The molecule has 1 aromatic carbocycles. The van der Waals surface area contributed by atoms with E-state index in [0.717, 1.165) is 0 Å². The number of hydrogen-bond acceptors (Lipinski definition) is 3. The molecule has 17 heavy (non-hydrogen) atoms. The Morgan fingerprint density at radius 2 is 2.12 bits per heavy atom. The molecule has 1 atom stereocenters. The Bertz CT molecular complexity index is 374. The lowest BCUT2D eigenvalue weighted by Crippen LogP contribution is -2.32. The van der Waals surface area contributed by atoms with Crippen LogP contribution >= 0.6 is 23.2 Å². The van der Waals surface area contributed by atoms with E-state index in [0.29, 0.717) is 35.0 Å². The summed E-state index contributed by atoms with van der Waals surface area (Å²) in [6.07, 6.45) is 1.17. The van der Waals surface area contributed by atoms with Crippen LogP contribution in [0.1, 0.15) is 18.4 Å². The highest BCUT2D eigenvalue weighted by Gasteiger charge is 2.31. The standard InChI is InChI=1S/C12H17Cl2NO2/c1-17-8-12(16,5-2-6-15)10-7-9(13)3-4-11(10)14/h3-4,7,16H,2,5-6,8,15H2,1H3. The van der Waals surface area contributed by atoms with Gasteiger partial charge in [0.1, 0.15) is 5.60 Å². The van der Waals surface area contributed by atoms with Gasteiger partial charge in [0.05, 0.1) is 6.61 Å². The van der Waals surface area contributed by atoms with E-state index in [9.17, 15) is 5.11 Å². The number of rotatable bonds is 6. The van der Waals surface area contributed by atoms with Crippen LogP contribution in [-0.4, -0.2) is 25.4 Å². The smallest absolute Gasteiger partial charge is 0.114 e. The van der Waals surface area contributed by atoms with Crippen molar-refractivity contribution < 1.29 is 9.84 Å². The fraction of sp³-hybridized carbons (Fsp3) is 0.500. The number of aliphatic hydroxyl groups is 1. The Balaban J connectivity index is 3.07. The van der Waals surface area contributed by atoms with Crippen molar-refractivity contribution in [3.63, 3.8) is 0 Å². The van der Waals surface area contributed by atoms with Crippen molar-refractivity contribution in [1.29, 1.82) is 0 Å². The summed E-state index contributed by atoms with van der Waals surface area (Å²) in [7, 11) is 1.53. The molecule has 0 radical (unpaired) electrons. The summed E-state index contributed by atoms with van der Waals surface area (Å²) in [5, 5.41) is 11.6. The first-order valence-electron chi connectivity index (χ1n) is 5.40. The first-order valence-corrected chi connectivity index (χ1v) is 6.16. The Labute approximate surface area is 111 Å². The van der Waals surface area contributed by atoms with Crippen molar-refractivity contribution in [3.8, 4) is 0 Å². The molecular formula is C12H17Cl2NO2. The lowest BCUT2D eigenvalue weighted by atomic mass is 9.89. The maximum absolute atomic E-state index is 10.6. The van der Waals surface area contributed by atoms with Crippen molar-refractivity contribution in [1.82, 2.24) is 0 Å². The van der Waals surface area contributed by atoms with Gasteiger partial charge in [-0.3, -0.25) is 0 Å². The lowest BCUT2D eigenvalue weighted by Gasteiger charge is -2.29. The van der Waals surface area contributed by atoms with E-state index in [1.54, 1.807) is 18.2 Å². The van der Waals surface area contributed by atoms with Gasteiger partial charge < -0.3 is 15.6 Å². The minimum Gasteiger partial charge on any atom is -0.383 e. The first kappa shape index (κ1) is 14.7. The number of benzene rings is 1. The molecule has 1 rings (SSSR count). The average molecular weight is 278 g/mol. The van der Waals surface area contributed by atoms with Gasteiger partial charge in [0.25, 0.3) is 0 Å². The van der Waals surface area contributed by atoms with Gasteiger partial charge in [-0.15, -0.1) is 0 Å². The molecule has 3 N–H and O–H groups in total. The minimum absolute atomic E-state index is 0.160. The molecule has 0 spiro atoms. The summed E-state index contributed by atoms with van der Waals surface area (Å²) in [6, 6.07) is 5.02. The second kappa shape index (κ2) is 6.57. The third kappa shape index (κ3) is 3.83. The molecular weight excluding hydrogens is 261 g/mol. The summed E-state index contributed by atoms with van der Waals surface area (Å²) in [4.78, 5) is 0. The van der Waals surface area contributed by atoms with Crippen LogP contribution in [0.15, 0.2) is 18.2 Å². The highest BCUT2D eigenvalue weighted by molar-refractivity contribution is 6.33. The van der Waals surface area contributed by atoms with Gasteiger partial charge in [-0.2, -0.15) is 0 Å². The molecule has 0 heterocycles. The second-order valence-corrected chi connectivity index (χ2v) is 4.82. The van der Waals surface area contributed by atoms with E-state index in [-0.39, 0.29) is 6.61 Å². The zero-order chi connectivity index (χ0) is 12.9. The van der Waals surface area contributed by atoms with Crippen molar-refractivity contribution in [2.45, 2.75) is 18.4 Å². The zero-order valence-electron chi connectivity index (χ0n) is 9.75. The van der Waals surface area contributed by atoms with Crippen LogP contribution in [0.3, 0.4) is 0 Å². The highest BCUT2D eigenvalue weighted by atomic mass is 35.5. The molecule has 0 aromatic heterocycles. The van der Waals surface area contributed by atoms with Crippen LogP contribution in [-0.2, 0) is 10.3 Å². The number of ether oxygens (including phenoxy) is 1. The van der Waals surface area contributed by atoms with E-state index >= 15 is 0 Å². The molecule has 1 unspecified atom stereocenters. The predicted octanol–water partition coefficient (Wildman–Crippen LogP) is 2.57. The highest BCUT2D eigenvalue weighted by Crippen LogP contribution is 2.34. The molecule has 1 aromatic rings. The summed E-state index contributed by atoms with van der Waals surface area (Å²) >= 11 is 12.0. The van der Waals surface area contributed by atoms with Crippen molar-refractivity contribution in [2.24, 2.45) is 5.73 Å². The molecule has 0 aliphatic carbocycles. The van der Waals surface area contributed by atoms with E-state index in [1.807, 2.05) is 0 Å². The molecule has 0 amide bonds. The Morgan fingerprint density at radius 1 is 1.41 bits per heavy atom. The number of halogens is 2. The zero-order valence-corrected chi connectivity index (χ0v) is 11.3. The lowest BCUT2D eigenvalue weighted by molar-refractivity contribution is -0.0428. The quantitative estimate of drug-likeness (QED) is 0.840. The third-order valence-corrected chi connectivity index (χ3v) is 3.17. The van der Waals surface area contributed by atoms with Gasteiger partial charge in [-0.25, -0.2) is 0 Å². The van der Waals surface area contributed by atoms with E-state index < -0.39 is 5.60 Å². The van der Waals surface area contributed by atoms with Crippen molar-refractivity contribution in [3.05, 3.63) is 33.8 Å². The van der Waals surface area contributed by atoms with Crippen LogP contribution in [0.2, 0.25) is 10.0 Å². The molecule has 3 nitrogen and oxygen atoms in total. The van der Waals surface area contributed by atoms with E-state index in [1.165, 1.54) is 7.11 Å². The summed E-state index contributed by atoms with van der Waals surface area (Å²) in [5.41, 5.74) is 4.91. The monoisotopic (exact) mass is 277 g/mol. The summed E-state index contributed by atoms with van der Waals surface area (Å²) in [5.74, 6) is 0. The Morgan fingerprint density at radius 3 is 2.71 bits per heavy atom. The summed E-state index contributed by atoms with van der Waals surface area (Å²) < 4.78 is 5.06. The van der Waals surface area contributed by atoms with Crippen LogP contribution in [0, 0.1) is 0 Å². The fourth-order valence-corrected chi connectivity index (χ4v) is 2.24. The van der Waals surface area contributed by atoms with Crippen molar-refractivity contribution in [2.75, 3.05) is 20.3 Å². The number of nitrogens with two attached hydrogens (primary N) is 1. The first-order chi connectivity index (χ1) is 8.03. The van der Waals surface area contributed by atoms with Gasteiger partial charge in [0, 0.05) is 22.7 Å². The van der Waals surface area contributed by atoms with E-state index in [4.69, 9.17) is 33.7 Å². The average Bonchev–Trinajstić information content (AvgIpc) is 2.30. The van der Waals surface area contributed by atoms with Gasteiger partial charge in [0.2, 0.25) is 0 Å². The molecule has 0 aliphatic heterocycles. The Hall–Kier alpha value is -0.320. The largest absolute Gasteiger partial charge is 0.383 e. The second-order valence-electron chi connectivity index (χ2n) is 3.98. The molecule has 0 aliphatic rings. The topological polar surface area (TPSA) is 55.5 Å². The van der Waals surface area contributed by atoms with Crippen LogP contribution in [0.5, 0.6) is 0 Å². The third-order valence-electron chi connectivity index (χ3n) is 2.61. The molecule has 5 heteroatoms. The molecule has 0 saturated carbocycles. The van der Waals surface area contributed by atoms with Gasteiger partial charge in [-0.05, 0) is 37.6 Å². The molecule has 0 bridgehead atoms. The molecule has 0 fully saturated rings. The molecule has 0 saturated heterocycles. The Kier molecular flexibility index (Phi) is 5.70. The maximum atomic E-state index is 10.6.